The fraction of sp³-hybridized carbons (Fsp3) is 0.467. The van der Waals surface area contributed by atoms with Crippen LogP contribution in [0.2, 0.25) is 0 Å². The van der Waals surface area contributed by atoms with Crippen LogP contribution in [0.4, 0.5) is 5.69 Å². The topological polar surface area (TPSA) is 79.5 Å². The number of aromatic nitrogens is 1. The van der Waals surface area contributed by atoms with E-state index in [2.05, 4.69) is 4.98 Å². The third-order valence-corrected chi connectivity index (χ3v) is 5.33. The van der Waals surface area contributed by atoms with Crippen molar-refractivity contribution >= 4 is 33.1 Å². The van der Waals surface area contributed by atoms with E-state index in [1.165, 1.54) is 11.3 Å². The van der Waals surface area contributed by atoms with Crippen molar-refractivity contribution in [3.63, 3.8) is 0 Å². The number of hydrogen-bond acceptors (Lipinski definition) is 5. The molecule has 0 saturated carbocycles. The first-order valence-corrected chi connectivity index (χ1v) is 8.00. The monoisotopic (exact) mass is 305 g/mol. The number of aliphatic hydroxyl groups is 1. The molecule has 0 spiro atoms. The third-order valence-electron chi connectivity index (χ3n) is 4.19. The van der Waals surface area contributed by atoms with Gasteiger partial charge < -0.3 is 15.7 Å². The zero-order valence-corrected chi connectivity index (χ0v) is 12.8. The number of fused-ring (bicyclic) bond motifs is 1. The van der Waals surface area contributed by atoms with Gasteiger partial charge in [0.1, 0.15) is 10.4 Å². The van der Waals surface area contributed by atoms with Crippen LogP contribution < -0.4 is 5.73 Å². The molecule has 112 valence electrons. The summed E-state index contributed by atoms with van der Waals surface area (Å²) in [6, 6.07) is 3.78. The van der Waals surface area contributed by atoms with Gasteiger partial charge >= 0.3 is 0 Å². The first-order chi connectivity index (χ1) is 10.1. The minimum Gasteiger partial charge on any atom is -0.396 e. The molecular weight excluding hydrogens is 286 g/mol. The van der Waals surface area contributed by atoms with Crippen LogP contribution in [-0.2, 0) is 0 Å². The number of likely N-dealkylation sites (tertiary alicyclic amines) is 1. The molecule has 0 aromatic carbocycles. The van der Waals surface area contributed by atoms with Crippen molar-refractivity contribution in [3.8, 4) is 0 Å². The summed E-state index contributed by atoms with van der Waals surface area (Å²) in [5.74, 6) is 0.273. The fourth-order valence-corrected chi connectivity index (χ4v) is 3.88. The lowest BCUT2D eigenvalue weighted by molar-refractivity contribution is 0.0526. The molecule has 0 aliphatic carbocycles. The molecule has 6 heteroatoms. The van der Waals surface area contributed by atoms with E-state index in [1.807, 2.05) is 24.0 Å². The highest BCUT2D eigenvalue weighted by Crippen LogP contribution is 2.33. The SMILES string of the molecule is CC(O)C1CCN(C(=O)c2sc3cccnc3c2N)CC1. The second kappa shape index (κ2) is 5.61. The van der Waals surface area contributed by atoms with Gasteiger partial charge in [-0.3, -0.25) is 9.78 Å². The van der Waals surface area contributed by atoms with Gasteiger partial charge in [0.05, 0.1) is 16.5 Å². The summed E-state index contributed by atoms with van der Waals surface area (Å²) in [5.41, 5.74) is 7.28. The molecular formula is C15H19N3O2S. The molecule has 3 N–H and O–H groups in total. The zero-order chi connectivity index (χ0) is 15.0. The highest BCUT2D eigenvalue weighted by Gasteiger charge is 2.28. The van der Waals surface area contributed by atoms with Crippen LogP contribution in [0.1, 0.15) is 29.4 Å². The second-order valence-electron chi connectivity index (χ2n) is 5.57. The van der Waals surface area contributed by atoms with Gasteiger partial charge in [-0.2, -0.15) is 0 Å². The van der Waals surface area contributed by atoms with Crippen LogP contribution in [0.5, 0.6) is 0 Å². The van der Waals surface area contributed by atoms with Gasteiger partial charge in [0.25, 0.3) is 5.91 Å². The summed E-state index contributed by atoms with van der Waals surface area (Å²) in [5, 5.41) is 9.63. The van der Waals surface area contributed by atoms with E-state index in [9.17, 15) is 9.90 Å². The van der Waals surface area contributed by atoms with Gasteiger partial charge in [0, 0.05) is 19.3 Å². The number of nitrogen functional groups attached to an aromatic ring is 1. The molecule has 1 aliphatic rings. The van der Waals surface area contributed by atoms with Gasteiger partial charge in [-0.05, 0) is 37.8 Å². The van der Waals surface area contributed by atoms with E-state index in [1.54, 1.807) is 6.20 Å². The van der Waals surface area contributed by atoms with E-state index in [4.69, 9.17) is 5.73 Å². The number of aliphatic hydroxyl groups excluding tert-OH is 1. The van der Waals surface area contributed by atoms with Gasteiger partial charge in [0.15, 0.2) is 0 Å². The van der Waals surface area contributed by atoms with Crippen LogP contribution in [0.3, 0.4) is 0 Å². The molecule has 0 radical (unpaired) electrons. The van der Waals surface area contributed by atoms with Crippen LogP contribution >= 0.6 is 11.3 Å². The Bertz CT molecular complexity index is 660. The Balaban J connectivity index is 1.80. The Morgan fingerprint density at radius 1 is 1.52 bits per heavy atom. The molecule has 21 heavy (non-hydrogen) atoms. The van der Waals surface area contributed by atoms with E-state index in [0.29, 0.717) is 29.2 Å². The first kappa shape index (κ1) is 14.3. The number of hydrogen-bond donors (Lipinski definition) is 2. The number of pyridine rings is 1. The standard InChI is InChI=1S/C15H19N3O2S/c1-9(19)10-4-7-18(8-5-10)15(20)14-12(16)13-11(21-14)3-2-6-17-13/h2-3,6,9-10,19H,4-5,7-8,16H2,1H3. The Labute approximate surface area is 127 Å². The van der Waals surface area contributed by atoms with Gasteiger partial charge in [-0.1, -0.05) is 0 Å². The Kier molecular flexibility index (Phi) is 3.82. The van der Waals surface area contributed by atoms with E-state index in [-0.39, 0.29) is 17.9 Å². The smallest absolute Gasteiger partial charge is 0.266 e. The average Bonchev–Trinajstić information content (AvgIpc) is 2.84. The van der Waals surface area contributed by atoms with Crippen molar-refractivity contribution < 1.29 is 9.90 Å². The Morgan fingerprint density at radius 3 is 2.86 bits per heavy atom. The number of amides is 1. The number of carbonyl (C=O) groups is 1. The zero-order valence-electron chi connectivity index (χ0n) is 12.0. The summed E-state index contributed by atoms with van der Waals surface area (Å²) in [4.78, 5) is 19.3. The lowest BCUT2D eigenvalue weighted by Gasteiger charge is -2.33. The maximum absolute atomic E-state index is 12.6. The molecule has 1 atom stereocenters. The number of thiophene rings is 1. The van der Waals surface area contributed by atoms with E-state index >= 15 is 0 Å². The summed E-state index contributed by atoms with van der Waals surface area (Å²) in [6.07, 6.45) is 3.06. The minimum absolute atomic E-state index is 0.0143. The predicted molar refractivity (Wildman–Crippen MR) is 84.3 cm³/mol. The maximum Gasteiger partial charge on any atom is 0.266 e. The number of piperidine rings is 1. The van der Waals surface area contributed by atoms with Gasteiger partial charge in [-0.25, -0.2) is 0 Å². The molecule has 1 aliphatic heterocycles. The van der Waals surface area contributed by atoms with E-state index in [0.717, 1.165) is 17.5 Å². The second-order valence-corrected chi connectivity index (χ2v) is 6.62. The van der Waals surface area contributed by atoms with Crippen molar-refractivity contribution in [2.24, 2.45) is 5.92 Å². The first-order valence-electron chi connectivity index (χ1n) is 7.18. The molecule has 1 fully saturated rings. The number of anilines is 1. The fourth-order valence-electron chi connectivity index (χ4n) is 2.84. The lowest BCUT2D eigenvalue weighted by atomic mass is 9.92. The van der Waals surface area contributed by atoms with Gasteiger partial charge in [0.2, 0.25) is 0 Å². The van der Waals surface area contributed by atoms with E-state index < -0.39 is 0 Å². The molecule has 1 saturated heterocycles. The normalized spacial score (nSPS) is 18.1. The quantitative estimate of drug-likeness (QED) is 0.890. The average molecular weight is 305 g/mol. The molecule has 3 heterocycles. The lowest BCUT2D eigenvalue weighted by Crippen LogP contribution is -2.40. The number of nitrogens with two attached hydrogens (primary N) is 1. The summed E-state index contributed by atoms with van der Waals surface area (Å²) in [7, 11) is 0. The van der Waals surface area contributed by atoms with Crippen LogP contribution in [-0.4, -0.2) is 40.1 Å². The van der Waals surface area contributed by atoms with Crippen molar-refractivity contribution in [3.05, 3.63) is 23.2 Å². The van der Waals surface area contributed by atoms with Gasteiger partial charge in [-0.15, -0.1) is 11.3 Å². The largest absolute Gasteiger partial charge is 0.396 e. The van der Waals surface area contributed by atoms with Crippen molar-refractivity contribution in [1.82, 2.24) is 9.88 Å². The molecule has 5 nitrogen and oxygen atoms in total. The number of nitrogens with zero attached hydrogens (tertiary/aromatic N) is 2. The number of carbonyl (C=O) groups excluding carboxylic acids is 1. The predicted octanol–water partition coefficient (Wildman–Crippen LogP) is 2.11. The molecule has 2 aromatic rings. The Hall–Kier alpha value is -1.66. The Morgan fingerprint density at radius 2 is 2.24 bits per heavy atom. The number of rotatable bonds is 2. The highest BCUT2D eigenvalue weighted by atomic mass is 32.1. The molecule has 1 amide bonds. The van der Waals surface area contributed by atoms with Crippen molar-refractivity contribution in [1.29, 1.82) is 0 Å². The van der Waals surface area contributed by atoms with Crippen LogP contribution in [0.15, 0.2) is 18.3 Å². The summed E-state index contributed by atoms with van der Waals surface area (Å²) in [6.45, 7) is 3.17. The highest BCUT2D eigenvalue weighted by molar-refractivity contribution is 7.21. The van der Waals surface area contributed by atoms with Crippen LogP contribution in [0.25, 0.3) is 10.2 Å². The molecule has 0 bridgehead atoms. The third kappa shape index (κ3) is 2.61. The maximum atomic E-state index is 12.6. The van der Waals surface area contributed by atoms with Crippen molar-refractivity contribution in [2.75, 3.05) is 18.8 Å². The summed E-state index contributed by atoms with van der Waals surface area (Å²) < 4.78 is 0.942. The van der Waals surface area contributed by atoms with Crippen molar-refractivity contribution in [2.45, 2.75) is 25.9 Å². The minimum atomic E-state index is -0.305. The summed E-state index contributed by atoms with van der Waals surface area (Å²) >= 11 is 1.40. The molecule has 3 rings (SSSR count). The van der Waals surface area contributed by atoms with Crippen LogP contribution in [0, 0.1) is 5.92 Å². The molecule has 1 unspecified atom stereocenters. The molecule has 2 aromatic heterocycles.